The van der Waals surface area contributed by atoms with Gasteiger partial charge in [0.25, 0.3) is 12.1 Å². The number of rotatable bonds is 4. The predicted molar refractivity (Wildman–Crippen MR) is 51.7 cm³/mol. The van der Waals surface area contributed by atoms with Crippen molar-refractivity contribution < 1.29 is 18.4 Å². The lowest BCUT2D eigenvalue weighted by Gasteiger charge is -2.08. The van der Waals surface area contributed by atoms with E-state index in [2.05, 4.69) is 9.72 Å². The topological polar surface area (TPSA) is 89.0 Å². The van der Waals surface area contributed by atoms with Crippen LogP contribution in [0.4, 0.5) is 14.5 Å². The van der Waals surface area contributed by atoms with Crippen molar-refractivity contribution >= 4 is 5.69 Å². The minimum Gasteiger partial charge on any atom is -0.481 e. The Labute approximate surface area is 94.6 Å². The van der Waals surface area contributed by atoms with Crippen molar-refractivity contribution in [2.24, 2.45) is 0 Å². The maximum absolute atomic E-state index is 12.7. The lowest BCUT2D eigenvalue weighted by Crippen LogP contribution is -2.05. The van der Waals surface area contributed by atoms with Crippen LogP contribution in [-0.4, -0.2) is 17.0 Å². The van der Waals surface area contributed by atoms with Crippen molar-refractivity contribution in [2.45, 2.75) is 12.8 Å². The third-order valence-corrected chi connectivity index (χ3v) is 1.98. The van der Waals surface area contributed by atoms with Crippen molar-refractivity contribution in [3.8, 4) is 11.9 Å². The molecule has 0 unspecified atom stereocenters. The molecule has 0 N–H and O–H groups in total. The molecule has 0 saturated carbocycles. The lowest BCUT2D eigenvalue weighted by atomic mass is 10.1. The Morgan fingerprint density at radius 2 is 2.35 bits per heavy atom. The fourth-order valence-electron chi connectivity index (χ4n) is 1.26. The molecule has 0 spiro atoms. The third kappa shape index (κ3) is 2.63. The smallest absolute Gasteiger partial charge is 0.281 e. The fourth-order valence-corrected chi connectivity index (χ4v) is 1.26. The molecule has 0 aliphatic rings. The van der Waals surface area contributed by atoms with Gasteiger partial charge in [0.1, 0.15) is 5.69 Å². The van der Waals surface area contributed by atoms with E-state index in [0.29, 0.717) is 0 Å². The van der Waals surface area contributed by atoms with E-state index in [9.17, 15) is 18.9 Å². The van der Waals surface area contributed by atoms with E-state index in [-0.39, 0.29) is 11.4 Å². The molecular formula is C9H7F2N3O3. The summed E-state index contributed by atoms with van der Waals surface area (Å²) in [6, 6.07) is 2.51. The number of nitriles is 1. The number of nitrogens with zero attached hydrogens (tertiary/aromatic N) is 3. The highest BCUT2D eigenvalue weighted by Gasteiger charge is 2.26. The van der Waals surface area contributed by atoms with Crippen LogP contribution in [0.2, 0.25) is 0 Å². The van der Waals surface area contributed by atoms with Gasteiger partial charge in [-0.2, -0.15) is 5.26 Å². The van der Waals surface area contributed by atoms with E-state index >= 15 is 0 Å². The summed E-state index contributed by atoms with van der Waals surface area (Å²) in [5.74, 6) is -0.284. The van der Waals surface area contributed by atoms with Crippen molar-refractivity contribution in [2.75, 3.05) is 7.11 Å². The largest absolute Gasteiger partial charge is 0.481 e. The Balaban J connectivity index is 3.50. The third-order valence-electron chi connectivity index (χ3n) is 1.98. The lowest BCUT2D eigenvalue weighted by molar-refractivity contribution is -0.385. The molecule has 8 heteroatoms. The van der Waals surface area contributed by atoms with E-state index < -0.39 is 29.2 Å². The maximum atomic E-state index is 12.7. The number of nitro groups is 1. The summed E-state index contributed by atoms with van der Waals surface area (Å²) in [7, 11) is 1.16. The molecule has 0 fully saturated rings. The van der Waals surface area contributed by atoms with Crippen LogP contribution < -0.4 is 4.74 Å². The van der Waals surface area contributed by atoms with Gasteiger partial charge in [-0.1, -0.05) is 0 Å². The predicted octanol–water partition coefficient (Wildman–Crippen LogP) is 2.00. The highest BCUT2D eigenvalue weighted by atomic mass is 19.3. The van der Waals surface area contributed by atoms with Crippen LogP contribution in [0.5, 0.6) is 5.88 Å². The van der Waals surface area contributed by atoms with Gasteiger partial charge in [0.15, 0.2) is 0 Å². The first-order valence-electron chi connectivity index (χ1n) is 4.38. The number of hydrogen-bond donors (Lipinski definition) is 0. The molecule has 6 nitrogen and oxygen atoms in total. The van der Waals surface area contributed by atoms with Gasteiger partial charge in [0, 0.05) is 0 Å². The molecule has 90 valence electrons. The van der Waals surface area contributed by atoms with Crippen LogP contribution in [0.1, 0.15) is 17.7 Å². The molecule has 1 rings (SSSR count). The van der Waals surface area contributed by atoms with Crippen LogP contribution in [-0.2, 0) is 6.42 Å². The van der Waals surface area contributed by atoms with Gasteiger partial charge in [0.2, 0.25) is 5.88 Å². The summed E-state index contributed by atoms with van der Waals surface area (Å²) in [6.45, 7) is 0. The Morgan fingerprint density at radius 1 is 1.71 bits per heavy atom. The van der Waals surface area contributed by atoms with Gasteiger partial charge < -0.3 is 4.74 Å². The second-order valence-electron chi connectivity index (χ2n) is 2.94. The quantitative estimate of drug-likeness (QED) is 0.596. The molecule has 0 amide bonds. The van der Waals surface area contributed by atoms with Crippen LogP contribution in [0, 0.1) is 21.4 Å². The number of halogens is 2. The Bertz CT molecular complexity index is 485. The van der Waals surface area contributed by atoms with Gasteiger partial charge in [-0.25, -0.2) is 13.8 Å². The second kappa shape index (κ2) is 5.16. The van der Waals surface area contributed by atoms with Crippen molar-refractivity contribution in [1.82, 2.24) is 4.98 Å². The van der Waals surface area contributed by atoms with Crippen molar-refractivity contribution in [3.63, 3.8) is 0 Å². The average Bonchev–Trinajstić information content (AvgIpc) is 2.28. The number of pyridine rings is 1. The number of hydrogen-bond acceptors (Lipinski definition) is 5. The first-order chi connectivity index (χ1) is 8.01. The summed E-state index contributed by atoms with van der Waals surface area (Å²) in [5, 5.41) is 19.2. The van der Waals surface area contributed by atoms with Crippen LogP contribution in [0.25, 0.3) is 0 Å². The first-order valence-corrected chi connectivity index (χ1v) is 4.38. The van der Waals surface area contributed by atoms with Crippen LogP contribution in [0.3, 0.4) is 0 Å². The molecule has 1 heterocycles. The number of alkyl halides is 2. The zero-order chi connectivity index (χ0) is 13.0. The number of ether oxygens (including phenoxy) is 1. The van der Waals surface area contributed by atoms with E-state index in [1.165, 1.54) is 0 Å². The Kier molecular flexibility index (Phi) is 3.87. The molecule has 0 aliphatic carbocycles. The molecule has 1 aromatic rings. The summed E-state index contributed by atoms with van der Waals surface area (Å²) < 4.78 is 29.9. The second-order valence-corrected chi connectivity index (χ2v) is 2.94. The standard InChI is InChI=1S/C9H7F2N3O3/c1-17-7-4-6(14(15)16)5(2-3-12)8(13-7)9(10)11/h4,9H,2H2,1H3. The fraction of sp³-hybridized carbons (Fsp3) is 0.333. The summed E-state index contributed by atoms with van der Waals surface area (Å²) in [4.78, 5) is 13.3. The van der Waals surface area contributed by atoms with E-state index in [4.69, 9.17) is 5.26 Å². The summed E-state index contributed by atoms with van der Waals surface area (Å²) >= 11 is 0. The van der Waals surface area contributed by atoms with Crippen molar-refractivity contribution in [1.29, 1.82) is 5.26 Å². The van der Waals surface area contributed by atoms with Crippen LogP contribution in [0.15, 0.2) is 6.07 Å². The van der Waals surface area contributed by atoms with Crippen molar-refractivity contribution in [3.05, 3.63) is 27.4 Å². The Hall–Kier alpha value is -2.30. The molecule has 17 heavy (non-hydrogen) atoms. The minimum absolute atomic E-state index is 0.284. The zero-order valence-corrected chi connectivity index (χ0v) is 8.68. The first kappa shape index (κ1) is 12.8. The monoisotopic (exact) mass is 243 g/mol. The molecule has 0 aliphatic heterocycles. The highest BCUT2D eigenvalue weighted by molar-refractivity contribution is 5.47. The average molecular weight is 243 g/mol. The molecular weight excluding hydrogens is 236 g/mol. The van der Waals surface area contributed by atoms with E-state index in [1.54, 1.807) is 6.07 Å². The molecule has 0 bridgehead atoms. The van der Waals surface area contributed by atoms with E-state index in [0.717, 1.165) is 13.2 Å². The van der Waals surface area contributed by atoms with Gasteiger partial charge >= 0.3 is 0 Å². The normalized spacial score (nSPS) is 10.1. The number of aromatic nitrogens is 1. The molecule has 1 aromatic heterocycles. The highest BCUT2D eigenvalue weighted by Crippen LogP contribution is 2.31. The van der Waals surface area contributed by atoms with Crippen LogP contribution >= 0.6 is 0 Å². The zero-order valence-electron chi connectivity index (χ0n) is 8.68. The number of methoxy groups -OCH3 is 1. The SMILES string of the molecule is COc1cc([N+](=O)[O-])c(CC#N)c(C(F)F)n1. The van der Waals surface area contributed by atoms with Gasteiger partial charge in [0.05, 0.1) is 36.2 Å². The summed E-state index contributed by atoms with van der Waals surface area (Å²) in [5.41, 5.74) is -1.76. The molecule has 0 atom stereocenters. The Morgan fingerprint density at radius 3 is 2.76 bits per heavy atom. The van der Waals surface area contributed by atoms with Gasteiger partial charge in [-0.15, -0.1) is 0 Å². The molecule has 0 radical (unpaired) electrons. The van der Waals surface area contributed by atoms with Gasteiger partial charge in [-0.3, -0.25) is 10.1 Å². The maximum Gasteiger partial charge on any atom is 0.281 e. The summed E-state index contributed by atoms with van der Waals surface area (Å²) in [6.07, 6.45) is -3.51. The van der Waals surface area contributed by atoms with Gasteiger partial charge in [-0.05, 0) is 0 Å². The molecule has 0 aromatic carbocycles. The van der Waals surface area contributed by atoms with E-state index in [1.807, 2.05) is 0 Å². The minimum atomic E-state index is -3.01. The molecule has 0 saturated heterocycles.